The maximum Gasteiger partial charge on any atom is 0.323 e. The number of carboxylic acids is 1. The molecular weight excluding hydrogens is 414 g/mol. The fourth-order valence-electron chi connectivity index (χ4n) is 3.68. The number of rotatable bonds is 6. The number of nitrogens with zero attached hydrogens (tertiary/aromatic N) is 3. The Hall–Kier alpha value is -2.27. The van der Waals surface area contributed by atoms with E-state index in [9.17, 15) is 18.3 Å². The first-order valence-corrected chi connectivity index (χ1v) is 11.5. The van der Waals surface area contributed by atoms with Crippen molar-refractivity contribution in [2.24, 2.45) is 0 Å². The Morgan fingerprint density at radius 1 is 1.28 bits per heavy atom. The summed E-state index contributed by atoms with van der Waals surface area (Å²) < 4.78 is 35.8. The standard InChI is InChI=1S/C19H21N3O5S2/c1-13-15(18-19(20-12-28-18)22(13)11-17(23)24)10-14-4-2-3-5-16(14)29(25,26)21-6-8-27-9-7-21/h2-5,12H,6-11H2,1H3,(H,23,24). The molecule has 0 radical (unpaired) electrons. The Balaban J connectivity index is 1.76. The Morgan fingerprint density at radius 2 is 2.00 bits per heavy atom. The lowest BCUT2D eigenvalue weighted by atomic mass is 10.1. The van der Waals surface area contributed by atoms with Crippen molar-refractivity contribution in [2.75, 3.05) is 26.3 Å². The van der Waals surface area contributed by atoms with E-state index >= 15 is 0 Å². The van der Waals surface area contributed by atoms with E-state index in [1.165, 1.54) is 15.6 Å². The number of hydrogen-bond donors (Lipinski definition) is 1. The number of ether oxygens (including phenoxy) is 1. The van der Waals surface area contributed by atoms with Crippen molar-refractivity contribution < 1.29 is 23.1 Å². The van der Waals surface area contributed by atoms with E-state index < -0.39 is 16.0 Å². The topological polar surface area (TPSA) is 102 Å². The third-order valence-corrected chi connectivity index (χ3v) is 8.02. The van der Waals surface area contributed by atoms with Gasteiger partial charge in [-0.25, -0.2) is 13.4 Å². The summed E-state index contributed by atoms with van der Waals surface area (Å²) in [6.45, 7) is 3.12. The highest BCUT2D eigenvalue weighted by Gasteiger charge is 2.29. The monoisotopic (exact) mass is 435 g/mol. The predicted molar refractivity (Wildman–Crippen MR) is 109 cm³/mol. The van der Waals surface area contributed by atoms with Gasteiger partial charge in [0.15, 0.2) is 5.65 Å². The van der Waals surface area contributed by atoms with Gasteiger partial charge in [0.05, 0.1) is 28.3 Å². The molecule has 1 fully saturated rings. The maximum atomic E-state index is 13.2. The van der Waals surface area contributed by atoms with Crippen molar-refractivity contribution in [3.63, 3.8) is 0 Å². The molecule has 0 atom stereocenters. The van der Waals surface area contributed by atoms with Crippen LogP contribution in [-0.2, 0) is 32.5 Å². The summed E-state index contributed by atoms with van der Waals surface area (Å²) in [7, 11) is -3.64. The number of hydrogen-bond acceptors (Lipinski definition) is 6. The van der Waals surface area contributed by atoms with Gasteiger partial charge in [-0.15, -0.1) is 11.3 Å². The highest BCUT2D eigenvalue weighted by atomic mass is 32.2. The number of aliphatic carboxylic acids is 1. The van der Waals surface area contributed by atoms with Gasteiger partial charge in [-0.1, -0.05) is 18.2 Å². The number of benzene rings is 1. The van der Waals surface area contributed by atoms with Crippen molar-refractivity contribution in [3.05, 3.63) is 46.6 Å². The Bertz CT molecular complexity index is 1160. The molecule has 0 spiro atoms. The van der Waals surface area contributed by atoms with E-state index in [0.29, 0.717) is 43.9 Å². The minimum atomic E-state index is -3.64. The molecule has 1 aliphatic heterocycles. The zero-order chi connectivity index (χ0) is 20.6. The number of sulfonamides is 1. The van der Waals surface area contributed by atoms with E-state index in [2.05, 4.69) is 4.98 Å². The first kappa shape index (κ1) is 20.0. The number of carbonyl (C=O) groups is 1. The van der Waals surface area contributed by atoms with Crippen LogP contribution in [0.25, 0.3) is 10.3 Å². The molecule has 2 aromatic heterocycles. The van der Waals surface area contributed by atoms with Crippen molar-refractivity contribution in [3.8, 4) is 0 Å². The minimum absolute atomic E-state index is 0.181. The lowest BCUT2D eigenvalue weighted by molar-refractivity contribution is -0.137. The minimum Gasteiger partial charge on any atom is -0.480 e. The van der Waals surface area contributed by atoms with Gasteiger partial charge in [0.25, 0.3) is 0 Å². The number of aromatic nitrogens is 2. The lowest BCUT2D eigenvalue weighted by Gasteiger charge is -2.27. The number of thiazole rings is 1. The van der Waals surface area contributed by atoms with Crippen LogP contribution in [0.3, 0.4) is 0 Å². The van der Waals surface area contributed by atoms with E-state index in [1.54, 1.807) is 22.2 Å². The van der Waals surface area contributed by atoms with Crippen LogP contribution in [0, 0.1) is 6.92 Å². The van der Waals surface area contributed by atoms with Gasteiger partial charge < -0.3 is 14.4 Å². The second kappa shape index (κ2) is 7.86. The van der Waals surface area contributed by atoms with E-state index in [-0.39, 0.29) is 11.4 Å². The van der Waals surface area contributed by atoms with Crippen molar-refractivity contribution in [1.82, 2.24) is 13.9 Å². The van der Waals surface area contributed by atoms with Crippen LogP contribution in [0.15, 0.2) is 34.7 Å². The zero-order valence-corrected chi connectivity index (χ0v) is 17.5. The molecule has 0 unspecified atom stereocenters. The average molecular weight is 436 g/mol. The smallest absolute Gasteiger partial charge is 0.323 e. The Morgan fingerprint density at radius 3 is 2.72 bits per heavy atom. The Kier molecular flexibility index (Phi) is 5.43. The molecule has 4 rings (SSSR count). The van der Waals surface area contributed by atoms with Gasteiger partial charge in [0.2, 0.25) is 10.0 Å². The third kappa shape index (κ3) is 3.68. The van der Waals surface area contributed by atoms with Crippen molar-refractivity contribution in [1.29, 1.82) is 0 Å². The normalized spacial score (nSPS) is 15.8. The van der Waals surface area contributed by atoms with Gasteiger partial charge in [0.1, 0.15) is 6.54 Å². The molecule has 0 saturated carbocycles. The van der Waals surface area contributed by atoms with Gasteiger partial charge >= 0.3 is 5.97 Å². The molecule has 0 amide bonds. The van der Waals surface area contributed by atoms with Gasteiger partial charge in [-0.05, 0) is 24.1 Å². The summed E-state index contributed by atoms with van der Waals surface area (Å²) in [5.41, 5.74) is 4.69. The molecule has 0 bridgehead atoms. The molecule has 3 heterocycles. The van der Waals surface area contributed by atoms with E-state index in [0.717, 1.165) is 16.0 Å². The van der Waals surface area contributed by atoms with Crippen LogP contribution in [0.2, 0.25) is 0 Å². The summed E-state index contributed by atoms with van der Waals surface area (Å²) in [6.07, 6.45) is 0.386. The van der Waals surface area contributed by atoms with E-state index in [1.807, 2.05) is 19.1 Å². The highest BCUT2D eigenvalue weighted by molar-refractivity contribution is 7.89. The fraction of sp³-hybridized carbons (Fsp3) is 0.368. The Labute approximate surface area is 172 Å². The maximum absolute atomic E-state index is 13.2. The van der Waals surface area contributed by atoms with Gasteiger partial charge in [0, 0.05) is 25.2 Å². The number of fused-ring (bicyclic) bond motifs is 1. The second-order valence-corrected chi connectivity index (χ2v) is 9.61. The van der Waals surface area contributed by atoms with Crippen LogP contribution in [0.5, 0.6) is 0 Å². The second-order valence-electron chi connectivity index (χ2n) is 6.85. The summed E-state index contributed by atoms with van der Waals surface area (Å²) in [5.74, 6) is -0.945. The predicted octanol–water partition coefficient (Wildman–Crippen LogP) is 2.10. The van der Waals surface area contributed by atoms with Crippen LogP contribution < -0.4 is 0 Å². The molecule has 154 valence electrons. The van der Waals surface area contributed by atoms with Gasteiger partial charge in [-0.2, -0.15) is 4.31 Å². The molecule has 3 aromatic rings. The molecule has 1 aromatic carbocycles. The first-order valence-electron chi connectivity index (χ1n) is 9.18. The third-order valence-electron chi connectivity index (χ3n) is 5.14. The fourth-order valence-corrected chi connectivity index (χ4v) is 6.20. The summed E-state index contributed by atoms with van der Waals surface area (Å²) in [6, 6.07) is 6.99. The van der Waals surface area contributed by atoms with Crippen LogP contribution >= 0.6 is 11.3 Å². The first-order chi connectivity index (χ1) is 13.9. The van der Waals surface area contributed by atoms with Crippen molar-refractivity contribution >= 4 is 37.7 Å². The molecule has 1 N–H and O–H groups in total. The van der Waals surface area contributed by atoms with Crippen LogP contribution in [-0.4, -0.2) is 59.7 Å². The number of morpholine rings is 1. The molecule has 8 nitrogen and oxygen atoms in total. The number of carboxylic acid groups (broad SMARTS) is 1. The quantitative estimate of drug-likeness (QED) is 0.636. The zero-order valence-electron chi connectivity index (χ0n) is 15.9. The molecule has 1 aliphatic rings. The molecule has 0 aliphatic carbocycles. The van der Waals surface area contributed by atoms with Crippen LogP contribution in [0.4, 0.5) is 0 Å². The van der Waals surface area contributed by atoms with Crippen molar-refractivity contribution in [2.45, 2.75) is 24.8 Å². The van der Waals surface area contributed by atoms with E-state index in [4.69, 9.17) is 4.74 Å². The van der Waals surface area contributed by atoms with Gasteiger partial charge in [-0.3, -0.25) is 4.79 Å². The molecule has 10 heteroatoms. The van der Waals surface area contributed by atoms with Crippen LogP contribution in [0.1, 0.15) is 16.8 Å². The average Bonchev–Trinajstić information content (AvgIpc) is 3.27. The summed E-state index contributed by atoms with van der Waals surface area (Å²) in [4.78, 5) is 15.9. The largest absolute Gasteiger partial charge is 0.480 e. The summed E-state index contributed by atoms with van der Waals surface area (Å²) >= 11 is 1.44. The SMILES string of the molecule is Cc1c(Cc2ccccc2S(=O)(=O)N2CCOCC2)c2scnc2n1CC(=O)O. The molecule has 1 saturated heterocycles. The highest BCUT2D eigenvalue weighted by Crippen LogP contribution is 2.32. The molecule has 29 heavy (non-hydrogen) atoms. The molecular formula is C19H21N3O5S2. The lowest BCUT2D eigenvalue weighted by Crippen LogP contribution is -2.40. The summed E-state index contributed by atoms with van der Waals surface area (Å²) in [5, 5.41) is 9.24.